The van der Waals surface area contributed by atoms with Crippen LogP contribution in [0.25, 0.3) is 0 Å². The summed E-state index contributed by atoms with van der Waals surface area (Å²) < 4.78 is 11.4. The van der Waals surface area contributed by atoms with E-state index in [0.29, 0.717) is 28.9 Å². The molecule has 0 saturated carbocycles. The van der Waals surface area contributed by atoms with Crippen molar-refractivity contribution < 1.29 is 14.3 Å². The van der Waals surface area contributed by atoms with Crippen LogP contribution in [-0.2, 0) is 4.79 Å². The van der Waals surface area contributed by atoms with Crippen LogP contribution < -0.4 is 14.8 Å². The Morgan fingerprint density at radius 2 is 2.00 bits per heavy atom. The molecule has 0 fully saturated rings. The van der Waals surface area contributed by atoms with Gasteiger partial charge in [-0.1, -0.05) is 35.3 Å². The number of para-hydroxylation sites is 2. The summed E-state index contributed by atoms with van der Waals surface area (Å²) in [5, 5.41) is 4.02. The number of benzene rings is 2. The lowest BCUT2D eigenvalue weighted by atomic mass is 10.2. The van der Waals surface area contributed by atoms with E-state index in [2.05, 4.69) is 5.32 Å². The molecule has 1 amide bonds. The average Bonchev–Trinajstić information content (AvgIpc) is 2.60. The second-order valence-electron chi connectivity index (χ2n) is 5.17. The van der Waals surface area contributed by atoms with Crippen molar-refractivity contribution in [2.45, 2.75) is 11.0 Å². The fourth-order valence-electron chi connectivity index (χ4n) is 2.17. The molecule has 1 aliphatic rings. The molecule has 0 bridgehead atoms. The van der Waals surface area contributed by atoms with Crippen LogP contribution >= 0.6 is 35.0 Å². The van der Waals surface area contributed by atoms with E-state index in [0.717, 1.165) is 10.6 Å². The molecule has 4 nitrogen and oxygen atoms in total. The fourth-order valence-corrected chi connectivity index (χ4v) is 3.50. The Balaban J connectivity index is 1.46. The number of carbonyl (C=O) groups excluding carboxylic acids is 1. The lowest BCUT2D eigenvalue weighted by Crippen LogP contribution is -2.41. The van der Waals surface area contributed by atoms with Gasteiger partial charge in [-0.2, -0.15) is 0 Å². The second kappa shape index (κ2) is 8.01. The van der Waals surface area contributed by atoms with Gasteiger partial charge in [0.15, 0.2) is 11.5 Å². The molecule has 0 radical (unpaired) electrons. The lowest BCUT2D eigenvalue weighted by molar-refractivity contribution is -0.119. The molecular formula is C17H15Cl2NO3S. The van der Waals surface area contributed by atoms with E-state index in [-0.39, 0.29) is 17.8 Å². The predicted molar refractivity (Wildman–Crippen MR) is 96.5 cm³/mol. The molecule has 7 heteroatoms. The summed E-state index contributed by atoms with van der Waals surface area (Å²) in [6.07, 6.45) is -0.205. The molecule has 1 N–H and O–H groups in total. The van der Waals surface area contributed by atoms with Gasteiger partial charge >= 0.3 is 0 Å². The molecule has 0 aromatic heterocycles. The topological polar surface area (TPSA) is 47.6 Å². The minimum Gasteiger partial charge on any atom is -0.486 e. The van der Waals surface area contributed by atoms with Gasteiger partial charge in [0.2, 0.25) is 5.91 Å². The van der Waals surface area contributed by atoms with Crippen molar-refractivity contribution in [1.82, 2.24) is 5.32 Å². The van der Waals surface area contributed by atoms with E-state index in [1.165, 1.54) is 11.8 Å². The maximum atomic E-state index is 12.0. The highest BCUT2D eigenvalue weighted by molar-refractivity contribution is 8.00. The lowest BCUT2D eigenvalue weighted by Gasteiger charge is -2.26. The summed E-state index contributed by atoms with van der Waals surface area (Å²) >= 11 is 13.4. The van der Waals surface area contributed by atoms with Crippen LogP contribution in [-0.4, -0.2) is 30.9 Å². The van der Waals surface area contributed by atoms with Crippen molar-refractivity contribution >= 4 is 40.9 Å². The predicted octanol–water partition coefficient (Wildman–Crippen LogP) is 4.04. The summed E-state index contributed by atoms with van der Waals surface area (Å²) in [6.45, 7) is 0.793. The zero-order valence-electron chi connectivity index (χ0n) is 12.6. The number of fused-ring (bicyclic) bond motifs is 1. The van der Waals surface area contributed by atoms with E-state index in [9.17, 15) is 4.79 Å². The monoisotopic (exact) mass is 383 g/mol. The molecule has 1 aliphatic heterocycles. The molecule has 3 rings (SSSR count). The molecule has 2 aromatic rings. The van der Waals surface area contributed by atoms with Gasteiger partial charge in [0.05, 0.1) is 17.3 Å². The number of carbonyl (C=O) groups is 1. The van der Waals surface area contributed by atoms with Gasteiger partial charge < -0.3 is 14.8 Å². The smallest absolute Gasteiger partial charge is 0.230 e. The number of halogens is 2. The largest absolute Gasteiger partial charge is 0.486 e. The van der Waals surface area contributed by atoms with Crippen LogP contribution in [0.3, 0.4) is 0 Å². The summed E-state index contributed by atoms with van der Waals surface area (Å²) in [5.74, 6) is 1.58. The molecule has 1 atom stereocenters. The van der Waals surface area contributed by atoms with E-state index in [1.807, 2.05) is 24.3 Å². The van der Waals surface area contributed by atoms with Gasteiger partial charge in [-0.3, -0.25) is 4.79 Å². The SMILES string of the molecule is O=C(CSc1cc(Cl)ccc1Cl)NC[C@@H]1COc2ccccc2O1. The van der Waals surface area contributed by atoms with Crippen LogP contribution in [0.15, 0.2) is 47.4 Å². The van der Waals surface area contributed by atoms with Gasteiger partial charge in [0.25, 0.3) is 0 Å². The number of hydrogen-bond donors (Lipinski definition) is 1. The zero-order chi connectivity index (χ0) is 16.9. The van der Waals surface area contributed by atoms with Crippen LogP contribution in [0.4, 0.5) is 0 Å². The Kier molecular flexibility index (Phi) is 5.76. The highest BCUT2D eigenvalue weighted by Crippen LogP contribution is 2.31. The van der Waals surface area contributed by atoms with Crippen LogP contribution in [0.2, 0.25) is 10.0 Å². The quantitative estimate of drug-likeness (QED) is 0.791. The number of nitrogens with one attached hydrogen (secondary N) is 1. The molecule has 126 valence electrons. The van der Waals surface area contributed by atoms with Gasteiger partial charge in [0, 0.05) is 9.92 Å². The first-order valence-electron chi connectivity index (χ1n) is 7.35. The Morgan fingerprint density at radius 1 is 1.21 bits per heavy atom. The first-order valence-corrected chi connectivity index (χ1v) is 9.09. The summed E-state index contributed by atoms with van der Waals surface area (Å²) in [5.41, 5.74) is 0. The molecule has 0 aliphatic carbocycles. The van der Waals surface area contributed by atoms with Crippen LogP contribution in [0.1, 0.15) is 0 Å². The Labute approximate surface area is 154 Å². The first-order chi connectivity index (χ1) is 11.6. The number of ether oxygens (including phenoxy) is 2. The number of amides is 1. The minimum absolute atomic E-state index is 0.0986. The Hall–Kier alpha value is -1.56. The van der Waals surface area contributed by atoms with E-state index < -0.39 is 0 Å². The van der Waals surface area contributed by atoms with Gasteiger partial charge in [-0.15, -0.1) is 11.8 Å². The third-order valence-corrected chi connectivity index (χ3v) is 5.08. The van der Waals surface area contributed by atoms with E-state index in [1.54, 1.807) is 18.2 Å². The van der Waals surface area contributed by atoms with Crippen LogP contribution in [0.5, 0.6) is 11.5 Å². The fraction of sp³-hybridized carbons (Fsp3) is 0.235. The van der Waals surface area contributed by atoms with Gasteiger partial charge in [-0.25, -0.2) is 0 Å². The summed E-state index contributed by atoms with van der Waals surface area (Å²) in [4.78, 5) is 12.8. The molecule has 2 aromatic carbocycles. The molecule has 1 heterocycles. The van der Waals surface area contributed by atoms with Crippen molar-refractivity contribution in [3.8, 4) is 11.5 Å². The van der Waals surface area contributed by atoms with Gasteiger partial charge in [-0.05, 0) is 30.3 Å². The van der Waals surface area contributed by atoms with Crippen molar-refractivity contribution in [1.29, 1.82) is 0 Å². The molecule has 24 heavy (non-hydrogen) atoms. The number of rotatable bonds is 5. The standard InChI is InChI=1S/C17H15Cl2NO3S/c18-11-5-6-13(19)16(7-11)24-10-17(21)20-8-12-9-22-14-3-1-2-4-15(14)23-12/h1-7,12H,8-10H2,(H,20,21)/t12-/m1/s1. The van der Waals surface area contributed by atoms with Crippen molar-refractivity contribution in [2.24, 2.45) is 0 Å². The van der Waals surface area contributed by atoms with Crippen LogP contribution in [0, 0.1) is 0 Å². The molecule has 0 spiro atoms. The summed E-state index contributed by atoms with van der Waals surface area (Å²) in [6, 6.07) is 12.7. The van der Waals surface area contributed by atoms with Crippen molar-refractivity contribution in [3.63, 3.8) is 0 Å². The maximum Gasteiger partial charge on any atom is 0.230 e. The van der Waals surface area contributed by atoms with Crippen molar-refractivity contribution in [2.75, 3.05) is 18.9 Å². The van der Waals surface area contributed by atoms with Gasteiger partial charge in [0.1, 0.15) is 12.7 Å². The Morgan fingerprint density at radius 3 is 2.83 bits per heavy atom. The number of thioether (sulfide) groups is 1. The van der Waals surface area contributed by atoms with E-state index >= 15 is 0 Å². The normalized spacial score (nSPS) is 15.8. The van der Waals surface area contributed by atoms with Crippen molar-refractivity contribution in [3.05, 3.63) is 52.5 Å². The molecule has 0 saturated heterocycles. The third kappa shape index (κ3) is 4.50. The number of hydrogen-bond acceptors (Lipinski definition) is 4. The minimum atomic E-state index is -0.205. The maximum absolute atomic E-state index is 12.0. The summed E-state index contributed by atoms with van der Waals surface area (Å²) in [7, 11) is 0. The molecular weight excluding hydrogens is 369 g/mol. The highest BCUT2D eigenvalue weighted by Gasteiger charge is 2.21. The zero-order valence-corrected chi connectivity index (χ0v) is 15.0. The second-order valence-corrected chi connectivity index (χ2v) is 7.03. The first kappa shape index (κ1) is 17.3. The van der Waals surface area contributed by atoms with E-state index in [4.69, 9.17) is 32.7 Å². The Bertz CT molecular complexity index is 742. The average molecular weight is 384 g/mol. The third-order valence-electron chi connectivity index (χ3n) is 3.35. The highest BCUT2D eigenvalue weighted by atomic mass is 35.5. The molecule has 0 unspecified atom stereocenters.